The van der Waals surface area contributed by atoms with Crippen molar-refractivity contribution >= 4 is 44.7 Å². The molecule has 0 atom stereocenters. The number of carbonyl (C=O) groups is 1. The molecule has 0 aliphatic rings. The predicted octanol–water partition coefficient (Wildman–Crippen LogP) is 4.78. The lowest BCUT2D eigenvalue weighted by Crippen LogP contribution is -2.20. The van der Waals surface area contributed by atoms with Crippen molar-refractivity contribution in [2.45, 2.75) is 40.2 Å². The molecule has 3 aromatic rings. The summed E-state index contributed by atoms with van der Waals surface area (Å²) in [6.45, 7) is 6.40. The number of fused-ring (bicyclic) bond motifs is 1. The van der Waals surface area contributed by atoms with Crippen molar-refractivity contribution in [1.29, 1.82) is 0 Å². The molecule has 1 amide bonds. The maximum atomic E-state index is 12.7. The van der Waals surface area contributed by atoms with Crippen LogP contribution in [-0.2, 0) is 6.54 Å². The molecule has 26 heavy (non-hydrogen) atoms. The smallest absolute Gasteiger partial charge is 0.266 e. The van der Waals surface area contributed by atoms with Crippen molar-refractivity contribution in [2.24, 2.45) is 0 Å². The fourth-order valence-electron chi connectivity index (χ4n) is 2.81. The molecule has 3 rings (SSSR count). The van der Waals surface area contributed by atoms with E-state index in [2.05, 4.69) is 17.2 Å². The van der Waals surface area contributed by atoms with Gasteiger partial charge < -0.3 is 5.32 Å². The summed E-state index contributed by atoms with van der Waals surface area (Å²) in [5, 5.41) is 4.05. The minimum atomic E-state index is -0.240. The topological polar surface area (TPSA) is 64.0 Å². The number of nitrogens with zero attached hydrogens (tertiary/aromatic N) is 2. The molecule has 0 aliphatic heterocycles. The zero-order chi connectivity index (χ0) is 18.8. The molecule has 0 radical (unpaired) electrons. The summed E-state index contributed by atoms with van der Waals surface area (Å²) in [5.74, 6) is -0.240. The Labute approximate surface area is 160 Å². The molecule has 2 heterocycles. The summed E-state index contributed by atoms with van der Waals surface area (Å²) >= 11 is 7.21. The molecular formula is C19H20ClN3O2S. The molecule has 1 aromatic carbocycles. The van der Waals surface area contributed by atoms with Gasteiger partial charge >= 0.3 is 0 Å². The SMILES string of the molecule is CCCCn1cnc2sc(C(=O)Nc3ccc(Cl)cc3C)c(C)c2c1=O. The third-order valence-electron chi connectivity index (χ3n) is 4.31. The fraction of sp³-hybridized carbons (Fsp3) is 0.316. The minimum absolute atomic E-state index is 0.0843. The first kappa shape index (κ1) is 18.6. The summed E-state index contributed by atoms with van der Waals surface area (Å²) in [5.41, 5.74) is 2.17. The van der Waals surface area contributed by atoms with E-state index in [1.807, 2.05) is 6.92 Å². The Morgan fingerprint density at radius 3 is 2.81 bits per heavy atom. The van der Waals surface area contributed by atoms with Gasteiger partial charge in [0.25, 0.3) is 11.5 Å². The molecule has 136 valence electrons. The second-order valence-corrected chi connectivity index (χ2v) is 7.68. The maximum Gasteiger partial charge on any atom is 0.266 e. The minimum Gasteiger partial charge on any atom is -0.321 e. The van der Waals surface area contributed by atoms with Crippen LogP contribution in [0.15, 0.2) is 29.3 Å². The van der Waals surface area contributed by atoms with E-state index < -0.39 is 0 Å². The molecule has 2 aromatic heterocycles. The van der Waals surface area contributed by atoms with E-state index in [1.54, 1.807) is 36.0 Å². The molecule has 0 unspecified atom stereocenters. The lowest BCUT2D eigenvalue weighted by Gasteiger charge is -2.08. The zero-order valence-corrected chi connectivity index (χ0v) is 16.5. The van der Waals surface area contributed by atoms with E-state index in [-0.39, 0.29) is 11.5 Å². The first-order valence-corrected chi connectivity index (χ1v) is 9.67. The van der Waals surface area contributed by atoms with Crippen LogP contribution in [0, 0.1) is 13.8 Å². The van der Waals surface area contributed by atoms with Gasteiger partial charge in [-0.15, -0.1) is 11.3 Å². The van der Waals surface area contributed by atoms with Gasteiger partial charge in [-0.05, 0) is 49.6 Å². The Balaban J connectivity index is 1.97. The summed E-state index contributed by atoms with van der Waals surface area (Å²) in [6, 6.07) is 5.30. The zero-order valence-electron chi connectivity index (χ0n) is 14.9. The lowest BCUT2D eigenvalue weighted by atomic mass is 10.1. The van der Waals surface area contributed by atoms with E-state index in [0.29, 0.717) is 37.9 Å². The Bertz CT molecular complexity index is 1040. The van der Waals surface area contributed by atoms with Crippen molar-refractivity contribution in [2.75, 3.05) is 5.32 Å². The number of benzene rings is 1. The molecule has 0 saturated heterocycles. The fourth-order valence-corrected chi connectivity index (χ4v) is 4.07. The van der Waals surface area contributed by atoms with Crippen LogP contribution >= 0.6 is 22.9 Å². The number of hydrogen-bond donors (Lipinski definition) is 1. The standard InChI is InChI=1S/C19H20ClN3O2S/c1-4-5-8-23-10-21-18-15(19(23)25)12(3)16(26-18)17(24)22-14-7-6-13(20)9-11(14)2/h6-7,9-10H,4-5,8H2,1-3H3,(H,22,24). The van der Waals surface area contributed by atoms with E-state index in [0.717, 1.165) is 18.4 Å². The van der Waals surface area contributed by atoms with Crippen LogP contribution in [-0.4, -0.2) is 15.5 Å². The van der Waals surface area contributed by atoms with Crippen molar-refractivity contribution in [3.63, 3.8) is 0 Å². The number of carbonyl (C=O) groups excluding carboxylic acids is 1. The Morgan fingerprint density at radius 1 is 1.35 bits per heavy atom. The Morgan fingerprint density at radius 2 is 2.12 bits per heavy atom. The highest BCUT2D eigenvalue weighted by Gasteiger charge is 2.20. The lowest BCUT2D eigenvalue weighted by molar-refractivity contribution is 0.103. The molecule has 0 fully saturated rings. The predicted molar refractivity (Wildman–Crippen MR) is 108 cm³/mol. The van der Waals surface area contributed by atoms with Crippen molar-refractivity contribution in [3.8, 4) is 0 Å². The molecule has 0 saturated carbocycles. The van der Waals surface area contributed by atoms with Gasteiger partial charge in [-0.25, -0.2) is 4.98 Å². The van der Waals surface area contributed by atoms with E-state index >= 15 is 0 Å². The van der Waals surface area contributed by atoms with Crippen LogP contribution in [0.1, 0.15) is 40.6 Å². The maximum absolute atomic E-state index is 12.7. The summed E-state index contributed by atoms with van der Waals surface area (Å²) < 4.78 is 1.62. The summed E-state index contributed by atoms with van der Waals surface area (Å²) in [4.78, 5) is 30.9. The van der Waals surface area contributed by atoms with Crippen molar-refractivity contribution < 1.29 is 4.79 Å². The van der Waals surface area contributed by atoms with E-state index in [4.69, 9.17) is 11.6 Å². The summed E-state index contributed by atoms with van der Waals surface area (Å²) in [7, 11) is 0. The Hall–Kier alpha value is -2.18. The summed E-state index contributed by atoms with van der Waals surface area (Å²) in [6.07, 6.45) is 3.49. The second kappa shape index (κ2) is 7.60. The highest BCUT2D eigenvalue weighted by atomic mass is 35.5. The highest BCUT2D eigenvalue weighted by Crippen LogP contribution is 2.28. The number of rotatable bonds is 5. The third kappa shape index (κ3) is 3.52. The van der Waals surface area contributed by atoms with Gasteiger partial charge in [-0.1, -0.05) is 24.9 Å². The highest BCUT2D eigenvalue weighted by molar-refractivity contribution is 7.20. The number of halogens is 1. The molecule has 0 bridgehead atoms. The van der Waals surface area contributed by atoms with Gasteiger partial charge in [0.15, 0.2) is 0 Å². The average Bonchev–Trinajstić information content (AvgIpc) is 2.94. The van der Waals surface area contributed by atoms with E-state index in [1.165, 1.54) is 11.3 Å². The molecule has 0 aliphatic carbocycles. The van der Waals surface area contributed by atoms with Gasteiger partial charge in [-0.3, -0.25) is 14.2 Å². The number of aryl methyl sites for hydroxylation is 3. The number of nitrogens with one attached hydrogen (secondary N) is 1. The van der Waals surface area contributed by atoms with E-state index in [9.17, 15) is 9.59 Å². The van der Waals surface area contributed by atoms with Crippen molar-refractivity contribution in [3.05, 3.63) is 55.9 Å². The van der Waals surface area contributed by atoms with Crippen LogP contribution in [0.3, 0.4) is 0 Å². The van der Waals surface area contributed by atoms with Gasteiger partial charge in [0, 0.05) is 17.3 Å². The average molecular weight is 390 g/mol. The van der Waals surface area contributed by atoms with Gasteiger partial charge in [0.05, 0.1) is 16.6 Å². The third-order valence-corrected chi connectivity index (χ3v) is 5.75. The largest absolute Gasteiger partial charge is 0.321 e. The number of unbranched alkanes of at least 4 members (excludes halogenated alkanes) is 1. The van der Waals surface area contributed by atoms with Crippen molar-refractivity contribution in [1.82, 2.24) is 9.55 Å². The number of hydrogen-bond acceptors (Lipinski definition) is 4. The Kier molecular flexibility index (Phi) is 5.44. The van der Waals surface area contributed by atoms with Gasteiger partial charge in [0.1, 0.15) is 4.83 Å². The number of thiophene rings is 1. The molecule has 5 nitrogen and oxygen atoms in total. The number of aromatic nitrogens is 2. The van der Waals surface area contributed by atoms with Gasteiger partial charge in [0.2, 0.25) is 0 Å². The first-order valence-electron chi connectivity index (χ1n) is 8.48. The van der Waals surface area contributed by atoms with Crippen LogP contribution in [0.25, 0.3) is 10.2 Å². The second-order valence-electron chi connectivity index (χ2n) is 6.25. The van der Waals surface area contributed by atoms with Crippen LogP contribution < -0.4 is 10.9 Å². The first-order chi connectivity index (χ1) is 12.4. The molecule has 1 N–H and O–H groups in total. The molecule has 7 heteroatoms. The van der Waals surface area contributed by atoms with Gasteiger partial charge in [-0.2, -0.15) is 0 Å². The van der Waals surface area contributed by atoms with Crippen LogP contribution in [0.5, 0.6) is 0 Å². The quantitative estimate of drug-likeness (QED) is 0.682. The van der Waals surface area contributed by atoms with Crippen LogP contribution in [0.2, 0.25) is 5.02 Å². The normalized spacial score (nSPS) is 11.1. The number of anilines is 1. The molecule has 0 spiro atoms. The van der Waals surface area contributed by atoms with Crippen LogP contribution in [0.4, 0.5) is 5.69 Å². The number of amides is 1. The molecular weight excluding hydrogens is 370 g/mol. The monoisotopic (exact) mass is 389 g/mol.